The van der Waals surface area contributed by atoms with Crippen molar-refractivity contribution in [2.24, 2.45) is 0 Å². The second-order valence-corrected chi connectivity index (χ2v) is 5.96. The van der Waals surface area contributed by atoms with E-state index in [4.69, 9.17) is 11.6 Å². The van der Waals surface area contributed by atoms with E-state index in [1.165, 1.54) is 6.20 Å². The normalized spacial score (nSPS) is 18.4. The standard InChI is InChI=1S/C14H18ClN3O2/c1-9-7-11(15)10(8-16-9)12(19)18-6-5-17(4)13(20)14(18,2)3/h7-8H,5-6H2,1-4H3. The van der Waals surface area contributed by atoms with Gasteiger partial charge in [0.1, 0.15) is 5.54 Å². The Morgan fingerprint density at radius 1 is 1.40 bits per heavy atom. The summed E-state index contributed by atoms with van der Waals surface area (Å²) in [5.41, 5.74) is 0.209. The van der Waals surface area contributed by atoms with Gasteiger partial charge in [0.2, 0.25) is 5.91 Å². The minimum Gasteiger partial charge on any atom is -0.342 e. The highest BCUT2D eigenvalue weighted by molar-refractivity contribution is 6.33. The maximum atomic E-state index is 12.6. The van der Waals surface area contributed by atoms with Crippen LogP contribution in [0.5, 0.6) is 0 Å². The summed E-state index contributed by atoms with van der Waals surface area (Å²) in [5.74, 6) is -0.331. The van der Waals surface area contributed by atoms with Crippen molar-refractivity contribution in [1.82, 2.24) is 14.8 Å². The summed E-state index contributed by atoms with van der Waals surface area (Å²) < 4.78 is 0. The number of likely N-dealkylation sites (N-methyl/N-ethyl adjacent to an activating group) is 1. The molecule has 6 heteroatoms. The number of halogens is 1. The molecule has 0 aromatic carbocycles. The molecule has 0 bridgehead atoms. The predicted molar refractivity (Wildman–Crippen MR) is 76.7 cm³/mol. The lowest BCUT2D eigenvalue weighted by Crippen LogP contribution is -2.63. The highest BCUT2D eigenvalue weighted by Gasteiger charge is 2.43. The predicted octanol–water partition coefficient (Wildman–Crippen LogP) is 1.74. The fourth-order valence-corrected chi connectivity index (χ4v) is 2.69. The number of piperazine rings is 1. The summed E-state index contributed by atoms with van der Waals surface area (Å²) in [7, 11) is 1.74. The quantitative estimate of drug-likeness (QED) is 0.793. The van der Waals surface area contributed by atoms with Crippen LogP contribution in [0.3, 0.4) is 0 Å². The van der Waals surface area contributed by atoms with E-state index in [1.54, 1.807) is 36.8 Å². The lowest BCUT2D eigenvalue weighted by molar-refractivity contribution is -0.144. The van der Waals surface area contributed by atoms with Crippen LogP contribution in [0.2, 0.25) is 5.02 Å². The van der Waals surface area contributed by atoms with Crippen molar-refractivity contribution in [1.29, 1.82) is 0 Å². The van der Waals surface area contributed by atoms with Crippen LogP contribution < -0.4 is 0 Å². The smallest absolute Gasteiger partial charge is 0.257 e. The zero-order chi connectivity index (χ0) is 15.1. The van der Waals surface area contributed by atoms with E-state index in [0.717, 1.165) is 5.69 Å². The molecule has 0 spiro atoms. The summed E-state index contributed by atoms with van der Waals surface area (Å²) in [6.45, 7) is 6.31. The molecule has 0 saturated carbocycles. The number of hydrogen-bond acceptors (Lipinski definition) is 3. The molecule has 2 amide bonds. The van der Waals surface area contributed by atoms with Crippen LogP contribution in [-0.4, -0.2) is 52.3 Å². The van der Waals surface area contributed by atoms with Crippen molar-refractivity contribution in [3.8, 4) is 0 Å². The summed E-state index contributed by atoms with van der Waals surface area (Å²) >= 11 is 6.12. The van der Waals surface area contributed by atoms with E-state index in [2.05, 4.69) is 4.98 Å². The molecule has 1 aliphatic heterocycles. The molecule has 1 aromatic rings. The summed E-state index contributed by atoms with van der Waals surface area (Å²) in [6.07, 6.45) is 1.47. The summed E-state index contributed by atoms with van der Waals surface area (Å²) in [4.78, 5) is 32.2. The molecule has 20 heavy (non-hydrogen) atoms. The van der Waals surface area contributed by atoms with Crippen LogP contribution in [0.25, 0.3) is 0 Å². The average molecular weight is 296 g/mol. The Hall–Kier alpha value is -1.62. The lowest BCUT2D eigenvalue weighted by atomic mass is 9.96. The third-order valence-corrected chi connectivity index (χ3v) is 3.98. The van der Waals surface area contributed by atoms with Crippen molar-refractivity contribution in [2.45, 2.75) is 26.3 Å². The van der Waals surface area contributed by atoms with Crippen molar-refractivity contribution in [2.75, 3.05) is 20.1 Å². The Morgan fingerprint density at radius 2 is 2.05 bits per heavy atom. The second kappa shape index (κ2) is 5.05. The number of nitrogens with zero attached hydrogens (tertiary/aromatic N) is 3. The summed E-state index contributed by atoms with van der Waals surface area (Å²) in [6, 6.07) is 1.65. The van der Waals surface area contributed by atoms with Crippen LogP contribution in [0.4, 0.5) is 0 Å². The molecule has 0 atom stereocenters. The second-order valence-electron chi connectivity index (χ2n) is 5.55. The van der Waals surface area contributed by atoms with Gasteiger partial charge >= 0.3 is 0 Å². The number of aryl methyl sites for hydroxylation is 1. The Labute approximate surface area is 123 Å². The SMILES string of the molecule is Cc1cc(Cl)c(C(=O)N2CCN(C)C(=O)C2(C)C)cn1. The molecule has 108 valence electrons. The number of aromatic nitrogens is 1. The number of carbonyl (C=O) groups excluding carboxylic acids is 2. The van der Waals surface area contributed by atoms with Crippen LogP contribution in [0, 0.1) is 6.92 Å². The van der Waals surface area contributed by atoms with Gasteiger partial charge in [0, 0.05) is 32.0 Å². The topological polar surface area (TPSA) is 53.5 Å². The molecule has 0 radical (unpaired) electrons. The highest BCUT2D eigenvalue weighted by atomic mass is 35.5. The largest absolute Gasteiger partial charge is 0.342 e. The molecule has 1 aliphatic rings. The zero-order valence-corrected chi connectivity index (χ0v) is 12.9. The Bertz CT molecular complexity index is 572. The van der Waals surface area contributed by atoms with Crippen molar-refractivity contribution < 1.29 is 9.59 Å². The van der Waals surface area contributed by atoms with Crippen LogP contribution in [0.1, 0.15) is 29.9 Å². The molecule has 0 N–H and O–H groups in total. The lowest BCUT2D eigenvalue weighted by Gasteiger charge is -2.44. The third-order valence-electron chi connectivity index (χ3n) is 3.67. The molecule has 1 aromatic heterocycles. The van der Waals surface area contributed by atoms with Crippen molar-refractivity contribution in [3.05, 3.63) is 28.5 Å². The Balaban J connectivity index is 2.35. The first-order valence-corrected chi connectivity index (χ1v) is 6.82. The van der Waals surface area contributed by atoms with Crippen LogP contribution >= 0.6 is 11.6 Å². The average Bonchev–Trinajstić information content (AvgIpc) is 2.35. The maximum absolute atomic E-state index is 12.6. The third kappa shape index (κ3) is 2.38. The van der Waals surface area contributed by atoms with Gasteiger partial charge in [0.15, 0.2) is 0 Å². The first-order valence-electron chi connectivity index (χ1n) is 6.45. The van der Waals surface area contributed by atoms with Gasteiger partial charge in [-0.05, 0) is 26.8 Å². The van der Waals surface area contributed by atoms with Gasteiger partial charge in [-0.2, -0.15) is 0 Å². The number of carbonyl (C=O) groups is 2. The first kappa shape index (κ1) is 14.8. The number of rotatable bonds is 1. The van der Waals surface area contributed by atoms with E-state index >= 15 is 0 Å². The first-order chi connectivity index (χ1) is 9.25. The van der Waals surface area contributed by atoms with E-state index in [-0.39, 0.29) is 11.8 Å². The van der Waals surface area contributed by atoms with Gasteiger partial charge in [-0.15, -0.1) is 0 Å². The highest BCUT2D eigenvalue weighted by Crippen LogP contribution is 2.26. The van der Waals surface area contributed by atoms with E-state index in [1.807, 2.05) is 6.92 Å². The fourth-order valence-electron chi connectivity index (χ4n) is 2.40. The summed E-state index contributed by atoms with van der Waals surface area (Å²) in [5, 5.41) is 0.365. The molecule has 1 saturated heterocycles. The Kier molecular flexibility index (Phi) is 3.73. The van der Waals surface area contributed by atoms with Gasteiger partial charge in [-0.25, -0.2) is 0 Å². The van der Waals surface area contributed by atoms with E-state index in [0.29, 0.717) is 23.7 Å². The van der Waals surface area contributed by atoms with Crippen LogP contribution in [0.15, 0.2) is 12.3 Å². The van der Waals surface area contributed by atoms with Crippen molar-refractivity contribution >= 4 is 23.4 Å². The zero-order valence-electron chi connectivity index (χ0n) is 12.1. The van der Waals surface area contributed by atoms with Gasteiger partial charge in [0.25, 0.3) is 5.91 Å². The molecule has 0 unspecified atom stereocenters. The molecular formula is C14H18ClN3O2. The minimum absolute atomic E-state index is 0.0757. The maximum Gasteiger partial charge on any atom is 0.257 e. The fraction of sp³-hybridized carbons (Fsp3) is 0.500. The Morgan fingerprint density at radius 3 is 2.65 bits per heavy atom. The molecule has 1 fully saturated rings. The van der Waals surface area contributed by atoms with Crippen LogP contribution in [-0.2, 0) is 4.79 Å². The van der Waals surface area contributed by atoms with Gasteiger partial charge in [0.05, 0.1) is 10.6 Å². The van der Waals surface area contributed by atoms with Gasteiger partial charge < -0.3 is 9.80 Å². The van der Waals surface area contributed by atoms with E-state index in [9.17, 15) is 9.59 Å². The molecule has 2 heterocycles. The van der Waals surface area contributed by atoms with Crippen molar-refractivity contribution in [3.63, 3.8) is 0 Å². The number of hydrogen-bond donors (Lipinski definition) is 0. The molecule has 5 nitrogen and oxygen atoms in total. The monoisotopic (exact) mass is 295 g/mol. The number of pyridine rings is 1. The van der Waals surface area contributed by atoms with Gasteiger partial charge in [-0.3, -0.25) is 14.6 Å². The molecular weight excluding hydrogens is 278 g/mol. The van der Waals surface area contributed by atoms with Gasteiger partial charge in [-0.1, -0.05) is 11.6 Å². The minimum atomic E-state index is -0.877. The number of amides is 2. The molecule has 0 aliphatic carbocycles. The molecule has 2 rings (SSSR count). The van der Waals surface area contributed by atoms with E-state index < -0.39 is 5.54 Å².